The first-order chi connectivity index (χ1) is 20.3. The molecule has 2 N–H and O–H groups in total. The number of nitrogens with zero attached hydrogens (tertiary/aromatic N) is 1. The molecule has 2 saturated heterocycles. The van der Waals surface area contributed by atoms with E-state index < -0.39 is 53.3 Å². The molecule has 3 aliphatic rings. The fraction of sp³-hybridized carbons (Fsp3) is 0.562. The van der Waals surface area contributed by atoms with Gasteiger partial charge in [-0.05, 0) is 42.4 Å². The molecule has 0 bridgehead atoms. The molecule has 3 aliphatic heterocycles. The van der Waals surface area contributed by atoms with Crippen LogP contribution in [0.2, 0.25) is 0 Å². The van der Waals surface area contributed by atoms with Crippen molar-refractivity contribution in [3.8, 4) is 11.5 Å². The van der Waals surface area contributed by atoms with Crippen LogP contribution >= 0.6 is 0 Å². The Morgan fingerprint density at radius 2 is 1.88 bits per heavy atom. The number of para-hydroxylation sites is 1. The standard InChI is InChI=1S/C32H39F3N2O6/c1-31(2,3)24-25(36-17-19-11-12-20(32(33,34)35)16-23(19)41-4)26(21-9-7-8-18-13-15-43-28(18)21)37(27(24)30(39)40)29(38)22-10-5-6-14-42-22/h7-9,11-12,16,22,24-27,36H,5-6,10,13-15,17H2,1-4H3,(H,39,40)/t22-,24-,25-,26-,27-/m0/s1. The first kappa shape index (κ1) is 31.1. The van der Waals surface area contributed by atoms with Crippen LogP contribution in [0.1, 0.15) is 68.3 Å². The molecule has 234 valence electrons. The Hall–Kier alpha value is -3.31. The Bertz CT molecular complexity index is 1350. The Kier molecular flexibility index (Phi) is 8.68. The number of alkyl halides is 3. The highest BCUT2D eigenvalue weighted by molar-refractivity contribution is 5.88. The molecule has 0 spiro atoms. The molecular formula is C32H39F3N2O6. The maximum atomic E-state index is 14.3. The molecule has 43 heavy (non-hydrogen) atoms. The Balaban J connectivity index is 1.62. The van der Waals surface area contributed by atoms with E-state index in [1.807, 2.05) is 39.0 Å². The number of ether oxygens (including phenoxy) is 3. The molecule has 2 fully saturated rings. The highest BCUT2D eigenvalue weighted by atomic mass is 19.4. The lowest BCUT2D eigenvalue weighted by molar-refractivity contribution is -0.159. The second-order valence-corrected chi connectivity index (χ2v) is 12.6. The molecule has 2 aromatic rings. The van der Waals surface area contributed by atoms with Gasteiger partial charge >= 0.3 is 12.1 Å². The minimum absolute atomic E-state index is 0.0615. The van der Waals surface area contributed by atoms with Crippen LogP contribution < -0.4 is 14.8 Å². The second-order valence-electron chi connectivity index (χ2n) is 12.6. The van der Waals surface area contributed by atoms with E-state index >= 15 is 0 Å². The number of nitrogens with one attached hydrogen (secondary N) is 1. The second kappa shape index (κ2) is 12.0. The van der Waals surface area contributed by atoms with Gasteiger partial charge in [-0.3, -0.25) is 4.79 Å². The summed E-state index contributed by atoms with van der Waals surface area (Å²) in [5.41, 5.74) is 0.738. The number of carboxylic acid groups (broad SMARTS) is 1. The summed E-state index contributed by atoms with van der Waals surface area (Å²) in [6.45, 7) is 6.80. The highest BCUT2D eigenvalue weighted by Crippen LogP contribution is 2.51. The number of carbonyl (C=O) groups is 2. The molecule has 0 radical (unpaired) electrons. The topological polar surface area (TPSA) is 97.3 Å². The van der Waals surface area contributed by atoms with Gasteiger partial charge in [0.25, 0.3) is 5.91 Å². The number of amides is 1. The van der Waals surface area contributed by atoms with Gasteiger partial charge in [-0.1, -0.05) is 45.0 Å². The van der Waals surface area contributed by atoms with E-state index in [0.29, 0.717) is 42.9 Å². The molecule has 0 saturated carbocycles. The number of hydrogen-bond donors (Lipinski definition) is 2. The van der Waals surface area contributed by atoms with Crippen LogP contribution in [0.4, 0.5) is 13.2 Å². The minimum atomic E-state index is -4.53. The Morgan fingerprint density at radius 1 is 1.12 bits per heavy atom. The number of hydrogen-bond acceptors (Lipinski definition) is 6. The van der Waals surface area contributed by atoms with Gasteiger partial charge in [0.05, 0.1) is 25.3 Å². The predicted octanol–water partition coefficient (Wildman–Crippen LogP) is 5.38. The van der Waals surface area contributed by atoms with Gasteiger partial charge in [0.2, 0.25) is 0 Å². The summed E-state index contributed by atoms with van der Waals surface area (Å²) in [4.78, 5) is 28.8. The average Bonchev–Trinajstić information content (AvgIpc) is 3.58. The van der Waals surface area contributed by atoms with Gasteiger partial charge in [0.15, 0.2) is 0 Å². The molecule has 0 aliphatic carbocycles. The molecule has 5 atom stereocenters. The van der Waals surface area contributed by atoms with E-state index in [1.165, 1.54) is 18.1 Å². The molecule has 0 unspecified atom stereocenters. The van der Waals surface area contributed by atoms with E-state index in [2.05, 4.69) is 5.32 Å². The Morgan fingerprint density at radius 3 is 2.51 bits per heavy atom. The van der Waals surface area contributed by atoms with Crippen LogP contribution in [-0.2, 0) is 33.5 Å². The molecular weight excluding hydrogens is 565 g/mol. The third kappa shape index (κ3) is 6.06. The molecule has 2 aromatic carbocycles. The van der Waals surface area contributed by atoms with Crippen LogP contribution in [0.5, 0.6) is 11.5 Å². The van der Waals surface area contributed by atoms with Crippen molar-refractivity contribution in [1.82, 2.24) is 10.2 Å². The lowest BCUT2D eigenvalue weighted by Crippen LogP contribution is -2.51. The van der Waals surface area contributed by atoms with Crippen molar-refractivity contribution >= 4 is 11.9 Å². The highest BCUT2D eigenvalue weighted by Gasteiger charge is 2.59. The zero-order valence-electron chi connectivity index (χ0n) is 24.9. The summed E-state index contributed by atoms with van der Waals surface area (Å²) in [5, 5.41) is 14.2. The first-order valence-corrected chi connectivity index (χ1v) is 14.7. The number of methoxy groups -OCH3 is 1. The lowest BCUT2D eigenvalue weighted by Gasteiger charge is -2.36. The number of carboxylic acids is 1. The van der Waals surface area contributed by atoms with E-state index in [1.54, 1.807) is 0 Å². The maximum Gasteiger partial charge on any atom is 0.416 e. The molecule has 1 amide bonds. The molecule has 5 rings (SSSR count). The number of aliphatic carboxylic acids is 1. The van der Waals surface area contributed by atoms with Gasteiger partial charge < -0.3 is 29.5 Å². The largest absolute Gasteiger partial charge is 0.496 e. The fourth-order valence-electron chi connectivity index (χ4n) is 6.92. The number of carbonyl (C=O) groups excluding carboxylic acids is 1. The van der Waals surface area contributed by atoms with Crippen molar-refractivity contribution in [2.45, 2.75) is 83.4 Å². The zero-order chi connectivity index (χ0) is 31.1. The van der Waals surface area contributed by atoms with Gasteiger partial charge in [-0.2, -0.15) is 13.2 Å². The monoisotopic (exact) mass is 604 g/mol. The summed E-state index contributed by atoms with van der Waals surface area (Å²) < 4.78 is 57.5. The summed E-state index contributed by atoms with van der Waals surface area (Å²) in [5.74, 6) is -1.38. The molecule has 8 nitrogen and oxygen atoms in total. The van der Waals surface area contributed by atoms with Gasteiger partial charge in [-0.25, -0.2) is 4.79 Å². The predicted molar refractivity (Wildman–Crippen MR) is 152 cm³/mol. The van der Waals surface area contributed by atoms with Crippen molar-refractivity contribution in [1.29, 1.82) is 0 Å². The van der Waals surface area contributed by atoms with E-state index in [4.69, 9.17) is 14.2 Å². The maximum absolute atomic E-state index is 14.3. The Labute approximate surface area is 249 Å². The first-order valence-electron chi connectivity index (χ1n) is 14.7. The number of halogens is 3. The summed E-state index contributed by atoms with van der Waals surface area (Å²) >= 11 is 0. The molecule has 11 heteroatoms. The normalized spacial score (nSPS) is 25.7. The zero-order valence-corrected chi connectivity index (χ0v) is 24.9. The van der Waals surface area contributed by atoms with Gasteiger partial charge in [0, 0.05) is 42.7 Å². The van der Waals surface area contributed by atoms with Gasteiger partial charge in [-0.15, -0.1) is 0 Å². The van der Waals surface area contributed by atoms with E-state index in [9.17, 15) is 27.9 Å². The smallest absolute Gasteiger partial charge is 0.416 e. The van der Waals surface area contributed by atoms with Crippen molar-refractivity contribution < 1.29 is 42.1 Å². The third-order valence-electron chi connectivity index (χ3n) is 8.84. The van der Waals surface area contributed by atoms with Crippen LogP contribution in [0, 0.1) is 11.3 Å². The average molecular weight is 605 g/mol. The SMILES string of the molecule is COc1cc(C(F)(F)F)ccc1CN[C@H]1[C@H](C(C)(C)C)[C@@H](C(=O)O)N(C(=O)[C@@H]2CCCCO2)[C@H]1c1cccc2c1OCC2. The van der Waals surface area contributed by atoms with Crippen LogP contribution in [0.25, 0.3) is 0 Å². The minimum Gasteiger partial charge on any atom is -0.496 e. The van der Waals surface area contributed by atoms with E-state index in [-0.39, 0.29) is 18.2 Å². The van der Waals surface area contributed by atoms with Crippen LogP contribution in [0.15, 0.2) is 36.4 Å². The third-order valence-corrected chi connectivity index (χ3v) is 8.84. The molecule has 0 aromatic heterocycles. The van der Waals surface area contributed by atoms with Crippen LogP contribution in [-0.4, -0.2) is 60.4 Å². The van der Waals surface area contributed by atoms with Crippen LogP contribution in [0.3, 0.4) is 0 Å². The fourth-order valence-corrected chi connectivity index (χ4v) is 6.92. The summed E-state index contributed by atoms with van der Waals surface area (Å²) in [7, 11) is 1.31. The molecule has 3 heterocycles. The lowest BCUT2D eigenvalue weighted by atomic mass is 9.72. The van der Waals surface area contributed by atoms with Crippen molar-refractivity contribution in [2.75, 3.05) is 20.3 Å². The van der Waals surface area contributed by atoms with Crippen molar-refractivity contribution in [3.05, 3.63) is 58.7 Å². The number of rotatable bonds is 7. The van der Waals surface area contributed by atoms with Crippen molar-refractivity contribution in [3.63, 3.8) is 0 Å². The summed E-state index contributed by atoms with van der Waals surface area (Å²) in [6.07, 6.45) is -2.46. The van der Waals surface area contributed by atoms with E-state index in [0.717, 1.165) is 30.5 Å². The number of fused-ring (bicyclic) bond motifs is 1. The quantitative estimate of drug-likeness (QED) is 0.438. The number of benzene rings is 2. The van der Waals surface area contributed by atoms with Crippen molar-refractivity contribution in [2.24, 2.45) is 11.3 Å². The summed E-state index contributed by atoms with van der Waals surface area (Å²) in [6, 6.07) is 6.51. The number of likely N-dealkylation sites (tertiary alicyclic amines) is 1. The van der Waals surface area contributed by atoms with Gasteiger partial charge in [0.1, 0.15) is 23.6 Å².